The fourth-order valence-corrected chi connectivity index (χ4v) is 2.55. The Labute approximate surface area is 120 Å². The molecule has 0 spiro atoms. The molecule has 1 unspecified atom stereocenters. The van der Waals surface area contributed by atoms with Crippen molar-refractivity contribution in [1.82, 2.24) is 14.8 Å². The van der Waals surface area contributed by atoms with Gasteiger partial charge in [0, 0.05) is 6.54 Å². The van der Waals surface area contributed by atoms with Crippen LogP contribution in [0.2, 0.25) is 0 Å². The number of aliphatic hydroxyl groups excluding tert-OH is 1. The average Bonchev–Trinajstić information content (AvgIpc) is 2.88. The van der Waals surface area contributed by atoms with E-state index in [1.165, 1.54) is 0 Å². The predicted molar refractivity (Wildman–Crippen MR) is 74.6 cm³/mol. The second-order valence-electron chi connectivity index (χ2n) is 4.08. The van der Waals surface area contributed by atoms with Crippen LogP contribution in [-0.2, 0) is 11.3 Å². The number of carboxylic acid groups (broad SMARTS) is 1. The summed E-state index contributed by atoms with van der Waals surface area (Å²) in [6.07, 6.45) is -0.872. The predicted octanol–water partition coefficient (Wildman–Crippen LogP) is 1.56. The van der Waals surface area contributed by atoms with E-state index < -0.39 is 12.1 Å². The maximum absolute atomic E-state index is 10.6. The fraction of sp³-hybridized carbons (Fsp3) is 0.308. The van der Waals surface area contributed by atoms with Gasteiger partial charge >= 0.3 is 5.97 Å². The standard InChI is InChI=1S/C13H15N3O3S/c1-2-16-12(11(19)9-6-4-3-5-7-9)14-15-13(16)20-8-10(17)18/h3-7,11,19H,2,8H2,1H3,(H,17,18). The summed E-state index contributed by atoms with van der Waals surface area (Å²) in [7, 11) is 0. The van der Waals surface area contributed by atoms with Crippen molar-refractivity contribution in [2.24, 2.45) is 0 Å². The van der Waals surface area contributed by atoms with Crippen LogP contribution >= 0.6 is 11.8 Å². The van der Waals surface area contributed by atoms with E-state index in [0.717, 1.165) is 17.3 Å². The quantitative estimate of drug-likeness (QED) is 0.786. The molecule has 6 nitrogen and oxygen atoms in total. The van der Waals surface area contributed by atoms with Gasteiger partial charge in [0.25, 0.3) is 0 Å². The zero-order valence-electron chi connectivity index (χ0n) is 10.9. The number of hydrogen-bond donors (Lipinski definition) is 2. The van der Waals surface area contributed by atoms with Crippen LogP contribution < -0.4 is 0 Å². The first-order valence-corrected chi connectivity index (χ1v) is 7.12. The van der Waals surface area contributed by atoms with Gasteiger partial charge in [-0.25, -0.2) is 0 Å². The first kappa shape index (κ1) is 14.5. The Kier molecular flexibility index (Phi) is 4.75. The van der Waals surface area contributed by atoms with Crippen LogP contribution in [0.4, 0.5) is 0 Å². The number of thioether (sulfide) groups is 1. The van der Waals surface area contributed by atoms with Gasteiger partial charge in [-0.3, -0.25) is 4.79 Å². The Balaban J connectivity index is 2.26. The second kappa shape index (κ2) is 6.53. The SMILES string of the molecule is CCn1c(SCC(=O)O)nnc1C(O)c1ccccc1. The van der Waals surface area contributed by atoms with E-state index in [2.05, 4.69) is 10.2 Å². The average molecular weight is 293 g/mol. The molecule has 2 rings (SSSR count). The smallest absolute Gasteiger partial charge is 0.313 e. The van der Waals surface area contributed by atoms with E-state index in [1.807, 2.05) is 37.3 Å². The van der Waals surface area contributed by atoms with E-state index >= 15 is 0 Å². The summed E-state index contributed by atoms with van der Waals surface area (Å²) < 4.78 is 1.73. The molecule has 1 aromatic carbocycles. The van der Waals surface area contributed by atoms with Gasteiger partial charge in [0.15, 0.2) is 11.0 Å². The Morgan fingerprint density at radius 3 is 2.65 bits per heavy atom. The Bertz CT molecular complexity index is 586. The van der Waals surface area contributed by atoms with Gasteiger partial charge in [0.1, 0.15) is 6.10 Å². The highest BCUT2D eigenvalue weighted by Crippen LogP contribution is 2.24. The minimum Gasteiger partial charge on any atom is -0.481 e. The zero-order valence-corrected chi connectivity index (χ0v) is 11.7. The number of benzene rings is 1. The Morgan fingerprint density at radius 2 is 2.05 bits per heavy atom. The molecule has 1 atom stereocenters. The summed E-state index contributed by atoms with van der Waals surface area (Å²) in [5.74, 6) is -0.572. The molecule has 0 saturated carbocycles. The third-order valence-corrected chi connectivity index (χ3v) is 3.70. The van der Waals surface area contributed by atoms with Crippen molar-refractivity contribution in [3.63, 3.8) is 0 Å². The number of rotatable bonds is 6. The molecule has 0 aliphatic heterocycles. The molecule has 1 heterocycles. The first-order valence-electron chi connectivity index (χ1n) is 6.14. The van der Waals surface area contributed by atoms with Crippen LogP contribution in [0.3, 0.4) is 0 Å². The van der Waals surface area contributed by atoms with Gasteiger partial charge in [-0.1, -0.05) is 42.1 Å². The van der Waals surface area contributed by atoms with Gasteiger partial charge in [-0.15, -0.1) is 10.2 Å². The molecular weight excluding hydrogens is 278 g/mol. The van der Waals surface area contributed by atoms with Crippen LogP contribution in [0.15, 0.2) is 35.5 Å². The topological polar surface area (TPSA) is 88.2 Å². The molecular formula is C13H15N3O3S. The van der Waals surface area contributed by atoms with Crippen molar-refractivity contribution in [3.8, 4) is 0 Å². The summed E-state index contributed by atoms with van der Waals surface area (Å²) in [6.45, 7) is 2.46. The third-order valence-electron chi connectivity index (χ3n) is 2.75. The number of hydrogen-bond acceptors (Lipinski definition) is 5. The van der Waals surface area contributed by atoms with Crippen molar-refractivity contribution in [3.05, 3.63) is 41.7 Å². The van der Waals surface area contributed by atoms with Crippen molar-refractivity contribution in [2.75, 3.05) is 5.75 Å². The van der Waals surface area contributed by atoms with Gasteiger partial charge in [0.2, 0.25) is 0 Å². The summed E-state index contributed by atoms with van der Waals surface area (Å²) in [4.78, 5) is 10.6. The summed E-state index contributed by atoms with van der Waals surface area (Å²) in [6, 6.07) is 9.17. The Hall–Kier alpha value is -1.86. The molecule has 106 valence electrons. The highest BCUT2D eigenvalue weighted by atomic mass is 32.2. The molecule has 20 heavy (non-hydrogen) atoms. The van der Waals surface area contributed by atoms with Gasteiger partial charge in [-0.2, -0.15) is 0 Å². The Morgan fingerprint density at radius 1 is 1.35 bits per heavy atom. The van der Waals surface area contributed by atoms with Crippen LogP contribution in [0.1, 0.15) is 24.4 Å². The maximum atomic E-state index is 10.6. The number of carbonyl (C=O) groups is 1. The van der Waals surface area contributed by atoms with Crippen LogP contribution in [0, 0.1) is 0 Å². The maximum Gasteiger partial charge on any atom is 0.313 e. The molecule has 0 aliphatic carbocycles. The van der Waals surface area contributed by atoms with Gasteiger partial charge in [0.05, 0.1) is 5.75 Å². The van der Waals surface area contributed by atoms with Crippen LogP contribution in [-0.4, -0.2) is 36.7 Å². The van der Waals surface area contributed by atoms with E-state index in [1.54, 1.807) is 4.57 Å². The van der Waals surface area contributed by atoms with E-state index in [4.69, 9.17) is 5.11 Å². The van der Waals surface area contributed by atoms with E-state index in [9.17, 15) is 9.90 Å². The number of carboxylic acids is 1. The molecule has 0 fully saturated rings. The van der Waals surface area contributed by atoms with E-state index in [0.29, 0.717) is 17.5 Å². The molecule has 2 aromatic rings. The van der Waals surface area contributed by atoms with Crippen molar-refractivity contribution in [1.29, 1.82) is 0 Å². The number of nitrogens with zero attached hydrogens (tertiary/aromatic N) is 3. The number of aromatic nitrogens is 3. The molecule has 0 radical (unpaired) electrons. The van der Waals surface area contributed by atoms with Crippen molar-refractivity contribution >= 4 is 17.7 Å². The molecule has 7 heteroatoms. The third kappa shape index (κ3) is 3.17. The molecule has 1 aromatic heterocycles. The zero-order chi connectivity index (χ0) is 14.5. The lowest BCUT2D eigenvalue weighted by Crippen LogP contribution is -2.10. The summed E-state index contributed by atoms with van der Waals surface area (Å²) in [5, 5.41) is 27.5. The lowest BCUT2D eigenvalue weighted by molar-refractivity contribution is -0.133. The summed E-state index contributed by atoms with van der Waals surface area (Å²) in [5.41, 5.74) is 0.726. The van der Waals surface area contributed by atoms with E-state index in [-0.39, 0.29) is 5.75 Å². The minimum absolute atomic E-state index is 0.0838. The second-order valence-corrected chi connectivity index (χ2v) is 5.02. The van der Waals surface area contributed by atoms with Gasteiger partial charge < -0.3 is 14.8 Å². The minimum atomic E-state index is -0.911. The molecule has 0 bridgehead atoms. The molecule has 0 amide bonds. The molecule has 2 N–H and O–H groups in total. The van der Waals surface area contributed by atoms with Crippen molar-refractivity contribution < 1.29 is 15.0 Å². The summed E-state index contributed by atoms with van der Waals surface area (Å²) >= 11 is 1.09. The largest absolute Gasteiger partial charge is 0.481 e. The number of aliphatic carboxylic acids is 1. The van der Waals surface area contributed by atoms with Crippen LogP contribution in [0.5, 0.6) is 0 Å². The number of aliphatic hydroxyl groups is 1. The van der Waals surface area contributed by atoms with Crippen molar-refractivity contribution in [2.45, 2.75) is 24.7 Å². The first-order chi connectivity index (χ1) is 9.63. The van der Waals surface area contributed by atoms with Crippen LogP contribution in [0.25, 0.3) is 0 Å². The highest BCUT2D eigenvalue weighted by molar-refractivity contribution is 7.99. The lowest BCUT2D eigenvalue weighted by Gasteiger charge is -2.12. The van der Waals surface area contributed by atoms with Gasteiger partial charge in [-0.05, 0) is 12.5 Å². The molecule has 0 saturated heterocycles. The highest BCUT2D eigenvalue weighted by Gasteiger charge is 2.20. The monoisotopic (exact) mass is 293 g/mol. The molecule has 0 aliphatic rings. The fourth-order valence-electron chi connectivity index (χ4n) is 1.82. The normalized spacial score (nSPS) is 12.3. The lowest BCUT2D eigenvalue weighted by atomic mass is 10.1.